The fourth-order valence-electron chi connectivity index (χ4n) is 3.78. The molecule has 2 aliphatic heterocycles. The van der Waals surface area contributed by atoms with Crippen LogP contribution in [0, 0.1) is 0 Å². The van der Waals surface area contributed by atoms with Crippen LogP contribution in [0.3, 0.4) is 0 Å². The lowest BCUT2D eigenvalue weighted by molar-refractivity contribution is 0.0758. The van der Waals surface area contributed by atoms with Crippen LogP contribution < -0.4 is 14.2 Å². The van der Waals surface area contributed by atoms with Crippen LogP contribution in [-0.2, 0) is 16.6 Å². The van der Waals surface area contributed by atoms with E-state index in [1.54, 1.807) is 30.3 Å². The molecule has 0 aromatic heterocycles. The molecule has 1 N–H and O–H groups in total. The van der Waals surface area contributed by atoms with Crippen LogP contribution in [0.2, 0.25) is 0 Å². The van der Waals surface area contributed by atoms with E-state index in [0.717, 1.165) is 36.1 Å². The van der Waals surface area contributed by atoms with Crippen molar-refractivity contribution in [1.82, 2.24) is 9.62 Å². The monoisotopic (exact) mass is 462 g/mol. The van der Waals surface area contributed by atoms with Crippen LogP contribution in [0.1, 0.15) is 41.6 Å². The molecule has 9 heteroatoms. The molecule has 0 unspecified atom stereocenters. The van der Waals surface area contributed by atoms with Gasteiger partial charge in [-0.1, -0.05) is 18.9 Å². The maximum absolute atomic E-state index is 13.2. The molecule has 0 spiro atoms. The molecule has 0 bridgehead atoms. The van der Waals surface area contributed by atoms with E-state index in [9.17, 15) is 13.2 Å². The van der Waals surface area contributed by atoms with Crippen molar-refractivity contribution in [1.29, 1.82) is 0 Å². The van der Waals surface area contributed by atoms with Crippen LogP contribution in [-0.4, -0.2) is 45.4 Å². The summed E-state index contributed by atoms with van der Waals surface area (Å²) >= 11 is 1.45. The number of carbonyl (C=O) groups is 1. The smallest absolute Gasteiger partial charge is 0.255 e. The molecule has 0 aliphatic carbocycles. The molecule has 0 atom stereocenters. The van der Waals surface area contributed by atoms with Gasteiger partial charge in [0.05, 0.1) is 10.5 Å². The zero-order valence-corrected chi connectivity index (χ0v) is 19.1. The van der Waals surface area contributed by atoms with Gasteiger partial charge < -0.3 is 14.4 Å². The lowest BCUT2D eigenvalue weighted by atomic mass is 10.2. The minimum absolute atomic E-state index is 0.0872. The van der Waals surface area contributed by atoms with Crippen molar-refractivity contribution in [2.45, 2.75) is 42.0 Å². The molecule has 2 aromatic rings. The highest BCUT2D eigenvalue weighted by Gasteiger charge is 2.23. The first-order valence-electron chi connectivity index (χ1n) is 10.3. The topological polar surface area (TPSA) is 84.9 Å². The minimum Gasteiger partial charge on any atom is -0.454 e. The van der Waals surface area contributed by atoms with Crippen molar-refractivity contribution >= 4 is 27.7 Å². The van der Waals surface area contributed by atoms with E-state index in [1.165, 1.54) is 17.8 Å². The Balaban J connectivity index is 1.53. The highest BCUT2D eigenvalue weighted by atomic mass is 32.2. The van der Waals surface area contributed by atoms with Gasteiger partial charge in [-0.25, -0.2) is 13.1 Å². The maximum atomic E-state index is 13.2. The van der Waals surface area contributed by atoms with Gasteiger partial charge in [-0.05, 0) is 55.0 Å². The molecular formula is C22H26N2O5S2. The van der Waals surface area contributed by atoms with Gasteiger partial charge >= 0.3 is 0 Å². The minimum atomic E-state index is -3.79. The average Bonchev–Trinajstić information content (AvgIpc) is 3.08. The van der Waals surface area contributed by atoms with E-state index in [0.29, 0.717) is 30.2 Å². The molecule has 31 heavy (non-hydrogen) atoms. The number of fused-ring (bicyclic) bond motifs is 1. The Hall–Kier alpha value is -2.23. The number of hydrogen-bond donors (Lipinski definition) is 1. The summed E-state index contributed by atoms with van der Waals surface area (Å²) in [6, 6.07) is 10.1. The standard InChI is InChI=1S/C22H26N2O5S2/c1-30-21-9-7-17(13-18(21)22(25)24-10-4-2-3-5-11-24)31(26,27)23-14-16-6-8-19-20(12-16)29-15-28-19/h6-9,12-13,23H,2-5,10-11,14-15H2,1H3. The van der Waals surface area contributed by atoms with Crippen molar-refractivity contribution in [3.05, 3.63) is 47.5 Å². The molecule has 2 aromatic carbocycles. The number of carbonyl (C=O) groups excluding carboxylic acids is 1. The Bertz CT molecular complexity index is 1060. The van der Waals surface area contributed by atoms with Gasteiger partial charge in [0.25, 0.3) is 5.91 Å². The van der Waals surface area contributed by atoms with Gasteiger partial charge in [0.1, 0.15) is 0 Å². The molecule has 1 fully saturated rings. The Morgan fingerprint density at radius 2 is 1.77 bits per heavy atom. The number of nitrogens with one attached hydrogen (secondary N) is 1. The van der Waals surface area contributed by atoms with E-state index in [4.69, 9.17) is 9.47 Å². The zero-order valence-electron chi connectivity index (χ0n) is 17.4. The number of benzene rings is 2. The summed E-state index contributed by atoms with van der Waals surface area (Å²) in [6.07, 6.45) is 6.10. The maximum Gasteiger partial charge on any atom is 0.255 e. The first-order valence-corrected chi connectivity index (χ1v) is 13.0. The summed E-state index contributed by atoms with van der Waals surface area (Å²) in [5, 5.41) is 0. The van der Waals surface area contributed by atoms with Gasteiger partial charge in [-0.15, -0.1) is 11.8 Å². The molecule has 0 radical (unpaired) electrons. The van der Waals surface area contributed by atoms with Gasteiger partial charge in [0.2, 0.25) is 16.8 Å². The lowest BCUT2D eigenvalue weighted by Gasteiger charge is -2.22. The Morgan fingerprint density at radius 3 is 2.52 bits per heavy atom. The molecule has 2 aliphatic rings. The van der Waals surface area contributed by atoms with Gasteiger partial charge in [0.15, 0.2) is 11.5 Å². The average molecular weight is 463 g/mol. The summed E-state index contributed by atoms with van der Waals surface area (Å²) in [4.78, 5) is 15.9. The Kier molecular flexibility index (Phi) is 6.74. The normalized spacial score (nSPS) is 16.2. The third-order valence-electron chi connectivity index (χ3n) is 5.51. The SMILES string of the molecule is CSc1ccc(S(=O)(=O)NCc2ccc3c(c2)OCO3)cc1C(=O)N1CCCCCC1. The highest BCUT2D eigenvalue weighted by Crippen LogP contribution is 2.32. The number of thioether (sulfide) groups is 1. The summed E-state index contributed by atoms with van der Waals surface area (Å²) < 4.78 is 39.1. The molecule has 2 heterocycles. The van der Waals surface area contributed by atoms with Crippen molar-refractivity contribution in [3.8, 4) is 11.5 Å². The summed E-state index contributed by atoms with van der Waals surface area (Å²) in [6.45, 7) is 1.71. The number of nitrogens with zero attached hydrogens (tertiary/aromatic N) is 1. The van der Waals surface area contributed by atoms with Gasteiger partial charge in [-0.3, -0.25) is 4.79 Å². The van der Waals surface area contributed by atoms with E-state index < -0.39 is 10.0 Å². The van der Waals surface area contributed by atoms with E-state index in [2.05, 4.69) is 4.72 Å². The number of sulfonamides is 1. The quantitative estimate of drug-likeness (QED) is 0.660. The van der Waals surface area contributed by atoms with E-state index in [-0.39, 0.29) is 24.1 Å². The number of amides is 1. The van der Waals surface area contributed by atoms with Crippen molar-refractivity contribution < 1.29 is 22.7 Å². The van der Waals surface area contributed by atoms with Gasteiger partial charge in [-0.2, -0.15) is 0 Å². The third-order valence-corrected chi connectivity index (χ3v) is 7.70. The largest absolute Gasteiger partial charge is 0.454 e. The second kappa shape index (κ2) is 9.50. The molecule has 1 saturated heterocycles. The molecular weight excluding hydrogens is 436 g/mol. The lowest BCUT2D eigenvalue weighted by Crippen LogP contribution is -2.32. The zero-order chi connectivity index (χ0) is 21.8. The van der Waals surface area contributed by atoms with Crippen LogP contribution in [0.5, 0.6) is 11.5 Å². The number of rotatable bonds is 6. The fraction of sp³-hybridized carbons (Fsp3) is 0.409. The summed E-state index contributed by atoms with van der Waals surface area (Å²) in [5.74, 6) is 1.15. The first kappa shape index (κ1) is 22.0. The van der Waals surface area contributed by atoms with Crippen molar-refractivity contribution in [3.63, 3.8) is 0 Å². The van der Waals surface area contributed by atoms with Crippen molar-refractivity contribution in [2.75, 3.05) is 26.1 Å². The number of ether oxygens (including phenoxy) is 2. The van der Waals surface area contributed by atoms with Crippen LogP contribution in [0.25, 0.3) is 0 Å². The third kappa shape index (κ3) is 4.99. The van der Waals surface area contributed by atoms with E-state index in [1.807, 2.05) is 11.2 Å². The van der Waals surface area contributed by atoms with Crippen LogP contribution in [0.4, 0.5) is 0 Å². The fourth-order valence-corrected chi connectivity index (χ4v) is 5.39. The first-order chi connectivity index (χ1) is 15.0. The van der Waals surface area contributed by atoms with Gasteiger partial charge in [0, 0.05) is 24.5 Å². The van der Waals surface area contributed by atoms with Crippen molar-refractivity contribution in [2.24, 2.45) is 0 Å². The van der Waals surface area contributed by atoms with Crippen LogP contribution >= 0.6 is 11.8 Å². The molecule has 7 nitrogen and oxygen atoms in total. The number of likely N-dealkylation sites (tertiary alicyclic amines) is 1. The second-order valence-electron chi connectivity index (χ2n) is 7.58. The molecule has 166 valence electrons. The Labute approximate surface area is 187 Å². The van der Waals surface area contributed by atoms with Crippen LogP contribution in [0.15, 0.2) is 46.2 Å². The predicted octanol–water partition coefficient (Wildman–Crippen LogP) is 3.63. The number of hydrogen-bond acceptors (Lipinski definition) is 6. The Morgan fingerprint density at radius 1 is 1.03 bits per heavy atom. The predicted molar refractivity (Wildman–Crippen MR) is 119 cm³/mol. The van der Waals surface area contributed by atoms with E-state index >= 15 is 0 Å². The second-order valence-corrected chi connectivity index (χ2v) is 10.2. The molecule has 1 amide bonds. The molecule has 4 rings (SSSR count). The summed E-state index contributed by atoms with van der Waals surface area (Å²) in [7, 11) is -3.79. The molecule has 0 saturated carbocycles. The summed E-state index contributed by atoms with van der Waals surface area (Å²) in [5.41, 5.74) is 1.20. The highest BCUT2D eigenvalue weighted by molar-refractivity contribution is 7.98.